The van der Waals surface area contributed by atoms with E-state index in [2.05, 4.69) is 290 Å². The summed E-state index contributed by atoms with van der Waals surface area (Å²) in [5, 5.41) is 2.53. The monoisotopic (exact) mass is 925 g/mol. The molecule has 12 aromatic rings. The zero-order valence-electron chi connectivity index (χ0n) is 40.1. The highest BCUT2D eigenvalue weighted by molar-refractivity contribution is 6.01. The van der Waals surface area contributed by atoms with Crippen LogP contribution in [0.3, 0.4) is 0 Å². The molecule has 0 unspecified atom stereocenters. The number of nitrogens with zero attached hydrogens (tertiary/aromatic N) is 1. The summed E-state index contributed by atoms with van der Waals surface area (Å²) in [6.45, 7) is 0. The molecule has 3 aliphatic rings. The third kappa shape index (κ3) is 5.97. The van der Waals surface area contributed by atoms with Crippen molar-refractivity contribution in [3.05, 3.63) is 330 Å². The Bertz CT molecular complexity index is 4050. The van der Waals surface area contributed by atoms with E-state index < -0.39 is 10.8 Å². The van der Waals surface area contributed by atoms with Crippen molar-refractivity contribution < 1.29 is 0 Å². The van der Waals surface area contributed by atoms with Crippen LogP contribution in [0.5, 0.6) is 0 Å². The largest absolute Gasteiger partial charge is 0.310 e. The number of hydrogen-bond donors (Lipinski definition) is 0. The van der Waals surface area contributed by atoms with Gasteiger partial charge in [0.25, 0.3) is 0 Å². The standard InChI is InChI=1S/C72H47N/c1-4-19-48(20-5-1)50-23-18-28-57(43-50)73(58-40-42-62-61-31-12-15-32-65(61)71(70(62)47-58,54-24-6-2-7-25-54)55-26-8-3-9-27-55)56-38-35-49(36-39-56)53-37-41-63-64-44-51-21-10-11-22-52(51)45-69(64)72(68(63)46-53)66-33-16-13-29-59(66)60-30-14-17-34-67(60)72/h1-47H. The lowest BCUT2D eigenvalue weighted by Crippen LogP contribution is -2.28. The van der Waals surface area contributed by atoms with E-state index in [1.165, 1.54) is 111 Å². The van der Waals surface area contributed by atoms with Crippen LogP contribution in [-0.2, 0) is 10.8 Å². The first-order valence-electron chi connectivity index (χ1n) is 25.5. The Morgan fingerprint density at radius 3 is 1.26 bits per heavy atom. The van der Waals surface area contributed by atoms with Gasteiger partial charge in [0.05, 0.1) is 10.8 Å². The minimum Gasteiger partial charge on any atom is -0.310 e. The van der Waals surface area contributed by atoms with Crippen LogP contribution in [-0.4, -0.2) is 0 Å². The Kier molecular flexibility index (Phi) is 9.16. The van der Waals surface area contributed by atoms with Crippen molar-refractivity contribution in [3.8, 4) is 55.6 Å². The quantitative estimate of drug-likeness (QED) is 0.154. The number of fused-ring (bicyclic) bond motifs is 14. The van der Waals surface area contributed by atoms with Gasteiger partial charge in [0.15, 0.2) is 0 Å². The summed E-state index contributed by atoms with van der Waals surface area (Å²) < 4.78 is 0. The number of hydrogen-bond acceptors (Lipinski definition) is 1. The molecule has 0 heterocycles. The highest BCUT2D eigenvalue weighted by Crippen LogP contribution is 2.64. The maximum absolute atomic E-state index is 2.50. The third-order valence-electron chi connectivity index (χ3n) is 16.3. The van der Waals surface area contributed by atoms with Crippen molar-refractivity contribution in [1.29, 1.82) is 0 Å². The fourth-order valence-corrected chi connectivity index (χ4v) is 13.3. The lowest BCUT2D eigenvalue weighted by Gasteiger charge is -2.35. The molecule has 0 atom stereocenters. The lowest BCUT2D eigenvalue weighted by molar-refractivity contribution is 0.768. The zero-order valence-corrected chi connectivity index (χ0v) is 40.1. The average molecular weight is 926 g/mol. The van der Waals surface area contributed by atoms with Gasteiger partial charge in [0.1, 0.15) is 0 Å². The second kappa shape index (κ2) is 16.1. The van der Waals surface area contributed by atoms with E-state index in [0.29, 0.717) is 0 Å². The molecule has 12 aromatic carbocycles. The van der Waals surface area contributed by atoms with Crippen LogP contribution in [0.4, 0.5) is 17.1 Å². The van der Waals surface area contributed by atoms with Crippen molar-refractivity contribution >= 4 is 27.8 Å². The van der Waals surface area contributed by atoms with Gasteiger partial charge in [-0.05, 0) is 166 Å². The molecule has 0 aliphatic heterocycles. The van der Waals surface area contributed by atoms with Crippen LogP contribution >= 0.6 is 0 Å². The minimum atomic E-state index is -0.524. The minimum absolute atomic E-state index is 0.444. The first kappa shape index (κ1) is 41.5. The van der Waals surface area contributed by atoms with Crippen LogP contribution in [0.2, 0.25) is 0 Å². The molecule has 1 heteroatoms. The van der Waals surface area contributed by atoms with Gasteiger partial charge in [-0.25, -0.2) is 0 Å². The molecule has 3 aliphatic carbocycles. The van der Waals surface area contributed by atoms with Crippen molar-refractivity contribution in [3.63, 3.8) is 0 Å². The van der Waals surface area contributed by atoms with Gasteiger partial charge in [-0.3, -0.25) is 0 Å². The molecule has 0 N–H and O–H groups in total. The van der Waals surface area contributed by atoms with Gasteiger partial charge < -0.3 is 4.90 Å². The van der Waals surface area contributed by atoms with Crippen LogP contribution < -0.4 is 4.90 Å². The van der Waals surface area contributed by atoms with E-state index in [4.69, 9.17) is 0 Å². The predicted octanol–water partition coefficient (Wildman–Crippen LogP) is 18.4. The molecule has 0 saturated heterocycles. The van der Waals surface area contributed by atoms with Gasteiger partial charge in [0, 0.05) is 17.1 Å². The van der Waals surface area contributed by atoms with Crippen molar-refractivity contribution in [2.24, 2.45) is 0 Å². The molecule has 1 spiro atoms. The van der Waals surface area contributed by atoms with Crippen LogP contribution in [0.1, 0.15) is 44.5 Å². The van der Waals surface area contributed by atoms with Gasteiger partial charge in [-0.1, -0.05) is 231 Å². The zero-order chi connectivity index (χ0) is 48.1. The average Bonchev–Trinajstić information content (AvgIpc) is 4.06. The molecule has 0 saturated carbocycles. The molecule has 0 amide bonds. The first-order chi connectivity index (χ1) is 36.2. The summed E-state index contributed by atoms with van der Waals surface area (Å²) in [6.07, 6.45) is 0. The van der Waals surface area contributed by atoms with E-state index in [1.54, 1.807) is 0 Å². The molecule has 0 bridgehead atoms. The Morgan fingerprint density at radius 1 is 0.205 bits per heavy atom. The highest BCUT2D eigenvalue weighted by Gasteiger charge is 2.52. The molecule has 340 valence electrons. The summed E-state index contributed by atoms with van der Waals surface area (Å²) in [5.41, 5.74) is 25.3. The van der Waals surface area contributed by atoms with Crippen LogP contribution in [0.15, 0.2) is 285 Å². The number of anilines is 3. The van der Waals surface area contributed by atoms with Gasteiger partial charge in [0.2, 0.25) is 0 Å². The van der Waals surface area contributed by atoms with Crippen molar-refractivity contribution in [2.45, 2.75) is 10.8 Å². The molecule has 1 nitrogen and oxygen atoms in total. The molecule has 0 fully saturated rings. The molecular formula is C72H47N. The fraction of sp³-hybridized carbons (Fsp3) is 0.0278. The summed E-state index contributed by atoms with van der Waals surface area (Å²) >= 11 is 0. The second-order valence-electron chi connectivity index (χ2n) is 19.9. The summed E-state index contributed by atoms with van der Waals surface area (Å²) in [5.74, 6) is 0. The van der Waals surface area contributed by atoms with Crippen molar-refractivity contribution in [2.75, 3.05) is 4.90 Å². The number of rotatable bonds is 7. The topological polar surface area (TPSA) is 3.24 Å². The van der Waals surface area contributed by atoms with E-state index in [-0.39, 0.29) is 0 Å². The molecular weight excluding hydrogens is 879 g/mol. The lowest BCUT2D eigenvalue weighted by atomic mass is 9.67. The van der Waals surface area contributed by atoms with E-state index in [0.717, 1.165) is 17.1 Å². The van der Waals surface area contributed by atoms with Crippen LogP contribution in [0, 0.1) is 0 Å². The van der Waals surface area contributed by atoms with E-state index >= 15 is 0 Å². The summed E-state index contributed by atoms with van der Waals surface area (Å²) in [7, 11) is 0. The Balaban J connectivity index is 0.909. The Hall–Kier alpha value is -9.30. The SMILES string of the molecule is c1ccc(-c2cccc(N(c3ccc(-c4ccc5c(c4)C4(c6ccccc6-c6ccccc64)c4cc6ccccc6cc4-5)cc3)c3ccc4c(c3)C(c3ccccc3)(c3ccccc3)c3ccccc3-4)c2)cc1. The van der Waals surface area contributed by atoms with Gasteiger partial charge in [-0.15, -0.1) is 0 Å². The van der Waals surface area contributed by atoms with Gasteiger partial charge >= 0.3 is 0 Å². The maximum atomic E-state index is 2.50. The Labute approximate surface area is 426 Å². The normalized spacial score (nSPS) is 13.7. The number of benzene rings is 12. The summed E-state index contributed by atoms with van der Waals surface area (Å²) in [4.78, 5) is 2.45. The summed E-state index contributed by atoms with van der Waals surface area (Å²) in [6, 6.07) is 107. The van der Waals surface area contributed by atoms with E-state index in [1.807, 2.05) is 0 Å². The van der Waals surface area contributed by atoms with Gasteiger partial charge in [-0.2, -0.15) is 0 Å². The van der Waals surface area contributed by atoms with Crippen LogP contribution in [0.25, 0.3) is 66.4 Å². The van der Waals surface area contributed by atoms with E-state index in [9.17, 15) is 0 Å². The maximum Gasteiger partial charge on any atom is 0.0725 e. The Morgan fingerprint density at radius 2 is 0.616 bits per heavy atom. The molecule has 0 radical (unpaired) electrons. The predicted molar refractivity (Wildman–Crippen MR) is 303 cm³/mol. The molecule has 0 aromatic heterocycles. The molecule has 73 heavy (non-hydrogen) atoms. The fourth-order valence-electron chi connectivity index (χ4n) is 13.3. The second-order valence-corrected chi connectivity index (χ2v) is 19.9. The first-order valence-corrected chi connectivity index (χ1v) is 25.5. The molecule has 15 rings (SSSR count). The smallest absolute Gasteiger partial charge is 0.0725 e. The highest BCUT2D eigenvalue weighted by atomic mass is 15.1. The third-order valence-corrected chi connectivity index (χ3v) is 16.3. The van der Waals surface area contributed by atoms with Crippen molar-refractivity contribution in [1.82, 2.24) is 0 Å².